The molecule has 2 aromatic rings. The molecule has 1 nitrogen and oxygen atoms in total. The Labute approximate surface area is 97.1 Å². The fraction of sp³-hybridized carbons (Fsp3) is 0.250. The molecule has 2 aromatic heterocycles. The van der Waals surface area contributed by atoms with Crippen molar-refractivity contribution in [3.05, 3.63) is 44.3 Å². The lowest BCUT2D eigenvalue weighted by atomic mass is 10.0. The number of rotatable bonds is 2. The summed E-state index contributed by atoms with van der Waals surface area (Å²) < 4.78 is 0. The van der Waals surface area contributed by atoms with E-state index in [1.807, 2.05) is 11.3 Å². The van der Waals surface area contributed by atoms with Crippen molar-refractivity contribution in [3.63, 3.8) is 0 Å². The van der Waals surface area contributed by atoms with E-state index in [0.717, 1.165) is 19.4 Å². The molecule has 0 fully saturated rings. The fourth-order valence-corrected chi connectivity index (χ4v) is 3.52. The molecule has 0 aliphatic carbocycles. The highest BCUT2D eigenvalue weighted by Crippen LogP contribution is 2.24. The van der Waals surface area contributed by atoms with Crippen LogP contribution < -0.4 is 0 Å². The Kier molecular flexibility index (Phi) is 2.43. The molecule has 0 saturated carbocycles. The highest BCUT2D eigenvalue weighted by molar-refractivity contribution is 7.12. The first kappa shape index (κ1) is 9.31. The van der Waals surface area contributed by atoms with E-state index in [0.29, 0.717) is 0 Å². The molecule has 1 aliphatic heterocycles. The van der Waals surface area contributed by atoms with Gasteiger partial charge in [0.05, 0.1) is 10.6 Å². The van der Waals surface area contributed by atoms with Crippen LogP contribution in [0.15, 0.2) is 33.3 Å². The van der Waals surface area contributed by atoms with Gasteiger partial charge in [-0.15, -0.1) is 11.3 Å². The zero-order valence-electron chi connectivity index (χ0n) is 8.27. The van der Waals surface area contributed by atoms with Gasteiger partial charge in [-0.05, 0) is 45.8 Å². The van der Waals surface area contributed by atoms with Gasteiger partial charge in [0, 0.05) is 13.0 Å². The molecule has 0 saturated heterocycles. The smallest absolute Gasteiger partial charge is 0.0567 e. The summed E-state index contributed by atoms with van der Waals surface area (Å²) in [4.78, 5) is 6.06. The Balaban J connectivity index is 1.91. The second-order valence-electron chi connectivity index (χ2n) is 3.66. The molecule has 0 atom stereocenters. The van der Waals surface area contributed by atoms with E-state index in [-0.39, 0.29) is 0 Å². The Hall–Kier alpha value is -0.930. The average molecular weight is 233 g/mol. The lowest BCUT2D eigenvalue weighted by Gasteiger charge is -2.11. The van der Waals surface area contributed by atoms with Crippen LogP contribution in [0.4, 0.5) is 0 Å². The normalized spacial score (nSPS) is 14.8. The van der Waals surface area contributed by atoms with Crippen LogP contribution in [0.3, 0.4) is 0 Å². The van der Waals surface area contributed by atoms with Gasteiger partial charge in [0.15, 0.2) is 0 Å². The number of hydrogen-bond acceptors (Lipinski definition) is 3. The Morgan fingerprint density at radius 3 is 3.13 bits per heavy atom. The highest BCUT2D eigenvalue weighted by Gasteiger charge is 2.15. The molecule has 0 radical (unpaired) electrons. The maximum Gasteiger partial charge on any atom is 0.0567 e. The monoisotopic (exact) mass is 233 g/mol. The molecule has 0 N–H and O–H groups in total. The molecule has 3 rings (SSSR count). The van der Waals surface area contributed by atoms with Crippen molar-refractivity contribution in [3.8, 4) is 0 Å². The number of thiophene rings is 2. The zero-order chi connectivity index (χ0) is 10.1. The van der Waals surface area contributed by atoms with Gasteiger partial charge in [-0.1, -0.05) is 0 Å². The van der Waals surface area contributed by atoms with E-state index in [9.17, 15) is 0 Å². The van der Waals surface area contributed by atoms with E-state index >= 15 is 0 Å². The second-order valence-corrected chi connectivity index (χ2v) is 5.36. The minimum absolute atomic E-state index is 0.962. The minimum Gasteiger partial charge on any atom is -0.288 e. The zero-order valence-corrected chi connectivity index (χ0v) is 9.90. The lowest BCUT2D eigenvalue weighted by Crippen LogP contribution is -2.12. The summed E-state index contributed by atoms with van der Waals surface area (Å²) in [6.45, 7) is 0.962. The maximum absolute atomic E-state index is 4.65. The van der Waals surface area contributed by atoms with Crippen molar-refractivity contribution >= 4 is 28.4 Å². The van der Waals surface area contributed by atoms with Crippen molar-refractivity contribution < 1.29 is 0 Å². The predicted octanol–water partition coefficient (Wildman–Crippen LogP) is 3.40. The van der Waals surface area contributed by atoms with Crippen LogP contribution in [0.1, 0.15) is 16.0 Å². The van der Waals surface area contributed by atoms with Gasteiger partial charge in [-0.3, -0.25) is 4.99 Å². The van der Waals surface area contributed by atoms with Crippen LogP contribution in [0.2, 0.25) is 0 Å². The third-order valence-corrected chi connectivity index (χ3v) is 4.38. The van der Waals surface area contributed by atoms with E-state index in [4.69, 9.17) is 0 Å². The summed E-state index contributed by atoms with van der Waals surface area (Å²) in [5.41, 5.74) is 4.16. The van der Waals surface area contributed by atoms with Gasteiger partial charge in [-0.2, -0.15) is 11.3 Å². The Morgan fingerprint density at radius 2 is 2.27 bits per heavy atom. The first-order valence-corrected chi connectivity index (χ1v) is 6.87. The van der Waals surface area contributed by atoms with Crippen molar-refractivity contribution in [2.75, 3.05) is 6.54 Å². The molecule has 3 heteroatoms. The third-order valence-electron chi connectivity index (χ3n) is 2.64. The van der Waals surface area contributed by atoms with Crippen molar-refractivity contribution in [1.82, 2.24) is 0 Å². The number of aliphatic imine (C=N–C) groups is 1. The van der Waals surface area contributed by atoms with Crippen molar-refractivity contribution in [1.29, 1.82) is 0 Å². The number of nitrogens with zero attached hydrogens (tertiary/aromatic N) is 1. The molecular formula is C12H11NS2. The van der Waals surface area contributed by atoms with Crippen LogP contribution >= 0.6 is 22.7 Å². The van der Waals surface area contributed by atoms with E-state index in [1.165, 1.54) is 21.7 Å². The topological polar surface area (TPSA) is 12.4 Å². The summed E-state index contributed by atoms with van der Waals surface area (Å²) in [5.74, 6) is 0. The van der Waals surface area contributed by atoms with Crippen LogP contribution in [-0.4, -0.2) is 12.3 Å². The molecule has 0 spiro atoms. The molecule has 0 bridgehead atoms. The Morgan fingerprint density at radius 1 is 1.27 bits per heavy atom. The molecule has 0 aromatic carbocycles. The summed E-state index contributed by atoms with van der Waals surface area (Å²) >= 11 is 3.59. The SMILES string of the molecule is c1cc(CC2=NCCc3ccsc32)cs1. The maximum atomic E-state index is 4.65. The van der Waals surface area contributed by atoms with Crippen LogP contribution in [0, 0.1) is 0 Å². The van der Waals surface area contributed by atoms with Crippen molar-refractivity contribution in [2.45, 2.75) is 12.8 Å². The molecule has 0 unspecified atom stereocenters. The molecular weight excluding hydrogens is 222 g/mol. The highest BCUT2D eigenvalue weighted by atomic mass is 32.1. The molecule has 3 heterocycles. The Bertz CT molecular complexity index is 479. The van der Waals surface area contributed by atoms with Gasteiger partial charge in [0.25, 0.3) is 0 Å². The minimum atomic E-state index is 0.962. The van der Waals surface area contributed by atoms with Crippen LogP contribution in [0.5, 0.6) is 0 Å². The van der Waals surface area contributed by atoms with Gasteiger partial charge in [-0.25, -0.2) is 0 Å². The van der Waals surface area contributed by atoms with Gasteiger partial charge < -0.3 is 0 Å². The molecule has 0 amide bonds. The number of hydrogen-bond donors (Lipinski definition) is 0. The van der Waals surface area contributed by atoms with Gasteiger partial charge in [0.2, 0.25) is 0 Å². The third kappa shape index (κ3) is 1.77. The largest absolute Gasteiger partial charge is 0.288 e. The standard InChI is InChI=1S/C12H11NS2/c1-4-13-11(7-9-2-5-14-8-9)12-10(1)3-6-15-12/h2-3,5-6,8H,1,4,7H2. The second kappa shape index (κ2) is 3.91. The van der Waals surface area contributed by atoms with Gasteiger partial charge >= 0.3 is 0 Å². The molecule has 76 valence electrons. The summed E-state index contributed by atoms with van der Waals surface area (Å²) in [7, 11) is 0. The average Bonchev–Trinajstić information content (AvgIpc) is 2.87. The summed E-state index contributed by atoms with van der Waals surface area (Å²) in [6, 6.07) is 4.43. The quantitative estimate of drug-likeness (QED) is 0.754. The molecule has 1 aliphatic rings. The first-order chi connectivity index (χ1) is 7.43. The van der Waals surface area contributed by atoms with E-state index in [2.05, 4.69) is 33.3 Å². The predicted molar refractivity (Wildman–Crippen MR) is 67.5 cm³/mol. The molecule has 15 heavy (non-hydrogen) atoms. The summed E-state index contributed by atoms with van der Waals surface area (Å²) in [6.07, 6.45) is 2.11. The van der Waals surface area contributed by atoms with Crippen LogP contribution in [-0.2, 0) is 12.8 Å². The number of fused-ring (bicyclic) bond motifs is 1. The van der Waals surface area contributed by atoms with Crippen molar-refractivity contribution in [2.24, 2.45) is 4.99 Å². The van der Waals surface area contributed by atoms with Gasteiger partial charge in [0.1, 0.15) is 0 Å². The first-order valence-electron chi connectivity index (χ1n) is 5.04. The van der Waals surface area contributed by atoms with Crippen LogP contribution in [0.25, 0.3) is 0 Å². The van der Waals surface area contributed by atoms with E-state index < -0.39 is 0 Å². The summed E-state index contributed by atoms with van der Waals surface area (Å²) in [5, 5.41) is 6.53. The fourth-order valence-electron chi connectivity index (χ4n) is 1.89. The lowest BCUT2D eigenvalue weighted by molar-refractivity contribution is 0.944. The van der Waals surface area contributed by atoms with E-state index in [1.54, 1.807) is 11.3 Å².